The molecule has 0 aromatic heterocycles. The van der Waals surface area contributed by atoms with E-state index in [0.29, 0.717) is 5.02 Å². The second-order valence-electron chi connectivity index (χ2n) is 5.24. The summed E-state index contributed by atoms with van der Waals surface area (Å²) in [7, 11) is 0. The van der Waals surface area contributed by atoms with Crippen molar-refractivity contribution in [3.63, 3.8) is 0 Å². The van der Waals surface area contributed by atoms with Crippen molar-refractivity contribution in [3.05, 3.63) is 82.5 Å². The van der Waals surface area contributed by atoms with Gasteiger partial charge < -0.3 is 10.6 Å². The van der Waals surface area contributed by atoms with Crippen LogP contribution in [0.5, 0.6) is 0 Å². The molecule has 0 heterocycles. The van der Waals surface area contributed by atoms with E-state index in [0.717, 1.165) is 11.1 Å². The monoisotopic (exact) mass is 339 g/mol. The molecule has 2 aromatic rings. The summed E-state index contributed by atoms with van der Waals surface area (Å²) in [5, 5.41) is 15.5. The van der Waals surface area contributed by atoms with E-state index >= 15 is 0 Å². The van der Waals surface area contributed by atoms with Crippen LogP contribution in [-0.4, -0.2) is 5.91 Å². The Labute approximate surface area is 146 Å². The van der Waals surface area contributed by atoms with E-state index in [9.17, 15) is 10.1 Å². The van der Waals surface area contributed by atoms with Gasteiger partial charge in [0.15, 0.2) is 0 Å². The van der Waals surface area contributed by atoms with Crippen LogP contribution >= 0.6 is 11.6 Å². The lowest BCUT2D eigenvalue weighted by molar-refractivity contribution is -0.117. The molecular formula is C19H18ClN3O. The number of rotatable bonds is 6. The fourth-order valence-corrected chi connectivity index (χ4v) is 2.31. The van der Waals surface area contributed by atoms with Gasteiger partial charge >= 0.3 is 0 Å². The zero-order valence-corrected chi connectivity index (χ0v) is 14.0. The van der Waals surface area contributed by atoms with Gasteiger partial charge in [0.2, 0.25) is 0 Å². The van der Waals surface area contributed by atoms with Crippen molar-refractivity contribution in [3.8, 4) is 6.07 Å². The highest BCUT2D eigenvalue weighted by molar-refractivity contribution is 6.31. The zero-order valence-electron chi connectivity index (χ0n) is 13.3. The number of hydrogen-bond acceptors (Lipinski definition) is 3. The van der Waals surface area contributed by atoms with Crippen molar-refractivity contribution in [1.82, 2.24) is 10.6 Å². The third kappa shape index (κ3) is 4.87. The van der Waals surface area contributed by atoms with Crippen LogP contribution in [0.1, 0.15) is 24.1 Å². The van der Waals surface area contributed by atoms with Crippen LogP contribution in [0.3, 0.4) is 0 Å². The van der Waals surface area contributed by atoms with Crippen molar-refractivity contribution >= 4 is 17.5 Å². The molecule has 0 aliphatic heterocycles. The Morgan fingerprint density at radius 1 is 1.21 bits per heavy atom. The van der Waals surface area contributed by atoms with Crippen LogP contribution in [0.15, 0.2) is 66.4 Å². The largest absolute Gasteiger partial charge is 0.383 e. The van der Waals surface area contributed by atoms with Gasteiger partial charge in [-0.05, 0) is 24.1 Å². The highest BCUT2D eigenvalue weighted by Gasteiger charge is 2.10. The minimum absolute atomic E-state index is 0.00841. The van der Waals surface area contributed by atoms with Crippen LogP contribution in [0.4, 0.5) is 0 Å². The molecule has 0 fully saturated rings. The third-order valence-corrected chi connectivity index (χ3v) is 3.91. The number of nitriles is 1. The first kappa shape index (κ1) is 17.6. The van der Waals surface area contributed by atoms with Crippen molar-refractivity contribution in [2.45, 2.75) is 19.5 Å². The maximum Gasteiger partial charge on any atom is 0.263 e. The molecule has 2 N–H and O–H groups in total. The molecule has 0 aliphatic carbocycles. The Morgan fingerprint density at radius 2 is 1.88 bits per heavy atom. The number of benzene rings is 2. The highest BCUT2D eigenvalue weighted by atomic mass is 35.5. The van der Waals surface area contributed by atoms with E-state index in [-0.39, 0.29) is 18.2 Å². The number of halogens is 1. The quantitative estimate of drug-likeness (QED) is 0.622. The van der Waals surface area contributed by atoms with Crippen LogP contribution in [0.25, 0.3) is 0 Å². The molecule has 2 rings (SSSR count). The predicted octanol–water partition coefficient (Wildman–Crippen LogP) is 3.71. The van der Waals surface area contributed by atoms with Crippen molar-refractivity contribution in [2.75, 3.05) is 0 Å². The maximum absolute atomic E-state index is 12.1. The Bertz CT molecular complexity index is 766. The molecule has 1 unspecified atom stereocenters. The first-order valence-corrected chi connectivity index (χ1v) is 7.92. The maximum atomic E-state index is 12.1. The van der Waals surface area contributed by atoms with E-state index in [2.05, 4.69) is 10.6 Å². The third-order valence-electron chi connectivity index (χ3n) is 3.54. The van der Waals surface area contributed by atoms with E-state index in [1.165, 1.54) is 6.20 Å². The van der Waals surface area contributed by atoms with Gasteiger partial charge in [-0.15, -0.1) is 0 Å². The number of nitrogens with one attached hydrogen (secondary N) is 2. The first-order valence-electron chi connectivity index (χ1n) is 7.54. The van der Waals surface area contributed by atoms with Crippen LogP contribution in [-0.2, 0) is 11.3 Å². The summed E-state index contributed by atoms with van der Waals surface area (Å²) in [6, 6.07) is 18.9. The molecule has 0 bridgehead atoms. The zero-order chi connectivity index (χ0) is 17.4. The molecule has 122 valence electrons. The normalized spacial score (nSPS) is 12.1. The topological polar surface area (TPSA) is 64.9 Å². The van der Waals surface area contributed by atoms with E-state index in [1.807, 2.05) is 61.5 Å². The van der Waals surface area contributed by atoms with Gasteiger partial charge in [-0.3, -0.25) is 4.79 Å². The van der Waals surface area contributed by atoms with Crippen LogP contribution in [0, 0.1) is 11.3 Å². The van der Waals surface area contributed by atoms with Gasteiger partial charge in [-0.1, -0.05) is 60.1 Å². The number of carbonyl (C=O) groups excluding carboxylic acids is 1. The van der Waals surface area contributed by atoms with Gasteiger partial charge in [-0.25, -0.2) is 0 Å². The lowest BCUT2D eigenvalue weighted by Gasteiger charge is -2.12. The van der Waals surface area contributed by atoms with Gasteiger partial charge in [0.05, 0.1) is 0 Å². The molecule has 0 radical (unpaired) electrons. The lowest BCUT2D eigenvalue weighted by atomic mass is 10.1. The minimum Gasteiger partial charge on any atom is -0.383 e. The molecule has 0 aliphatic rings. The molecule has 1 atom stereocenters. The summed E-state index contributed by atoms with van der Waals surface area (Å²) in [5.41, 5.74) is 1.89. The van der Waals surface area contributed by atoms with Crippen molar-refractivity contribution in [1.29, 1.82) is 5.26 Å². The predicted molar refractivity (Wildman–Crippen MR) is 95.0 cm³/mol. The molecule has 2 aromatic carbocycles. The number of nitrogens with zero attached hydrogens (tertiary/aromatic N) is 1. The lowest BCUT2D eigenvalue weighted by Crippen LogP contribution is -2.25. The summed E-state index contributed by atoms with van der Waals surface area (Å²) in [6.07, 6.45) is 1.44. The van der Waals surface area contributed by atoms with Gasteiger partial charge in [0, 0.05) is 23.8 Å². The Kier molecular flexibility index (Phi) is 6.41. The highest BCUT2D eigenvalue weighted by Crippen LogP contribution is 2.14. The van der Waals surface area contributed by atoms with E-state index in [4.69, 9.17) is 11.6 Å². The molecule has 4 nitrogen and oxygen atoms in total. The smallest absolute Gasteiger partial charge is 0.263 e. The number of amides is 1. The van der Waals surface area contributed by atoms with Crippen LogP contribution < -0.4 is 10.6 Å². The molecule has 1 amide bonds. The van der Waals surface area contributed by atoms with Gasteiger partial charge in [0.25, 0.3) is 5.91 Å². The Balaban J connectivity index is 1.96. The van der Waals surface area contributed by atoms with Gasteiger partial charge in [-0.2, -0.15) is 5.26 Å². The average Bonchev–Trinajstić information content (AvgIpc) is 2.62. The summed E-state index contributed by atoms with van der Waals surface area (Å²) in [6.45, 7) is 2.23. The van der Waals surface area contributed by atoms with Crippen LogP contribution in [0.2, 0.25) is 5.02 Å². The SMILES string of the molecule is CC(N/C=C(/C#N)C(=O)NCc1ccccc1Cl)c1ccccc1. The van der Waals surface area contributed by atoms with Gasteiger partial charge in [0.1, 0.15) is 11.6 Å². The average molecular weight is 340 g/mol. The summed E-state index contributed by atoms with van der Waals surface area (Å²) < 4.78 is 0. The number of hydrogen-bond donors (Lipinski definition) is 2. The molecular weight excluding hydrogens is 322 g/mol. The molecule has 0 saturated carbocycles. The standard InChI is InChI=1S/C19H18ClN3O/c1-14(15-7-3-2-4-8-15)22-13-17(11-21)19(24)23-12-16-9-5-6-10-18(16)20/h2-10,13-14,22H,12H2,1H3,(H,23,24)/b17-13-. The molecule has 5 heteroatoms. The summed E-state index contributed by atoms with van der Waals surface area (Å²) >= 11 is 6.05. The minimum atomic E-state index is -0.440. The molecule has 24 heavy (non-hydrogen) atoms. The van der Waals surface area contributed by atoms with E-state index in [1.54, 1.807) is 6.07 Å². The second kappa shape index (κ2) is 8.76. The summed E-state index contributed by atoms with van der Waals surface area (Å²) in [4.78, 5) is 12.1. The Hall–Kier alpha value is -2.77. The fraction of sp³-hybridized carbons (Fsp3) is 0.158. The first-order chi connectivity index (χ1) is 11.6. The van der Waals surface area contributed by atoms with E-state index < -0.39 is 5.91 Å². The molecule has 0 saturated heterocycles. The number of carbonyl (C=O) groups is 1. The second-order valence-corrected chi connectivity index (χ2v) is 5.65. The molecule has 0 spiro atoms. The fourth-order valence-electron chi connectivity index (χ4n) is 2.11. The van der Waals surface area contributed by atoms with Crippen molar-refractivity contribution < 1.29 is 4.79 Å². The van der Waals surface area contributed by atoms with Crippen molar-refractivity contribution in [2.24, 2.45) is 0 Å². The Morgan fingerprint density at radius 3 is 2.54 bits per heavy atom. The summed E-state index contributed by atoms with van der Waals surface area (Å²) in [5.74, 6) is -0.440.